The molecule has 0 radical (unpaired) electrons. The fraction of sp³-hybridized carbons (Fsp3) is 0.846. The number of aliphatic hydroxyl groups excluding tert-OH is 1. The second-order valence-corrected chi connectivity index (χ2v) is 5.87. The van der Waals surface area contributed by atoms with Gasteiger partial charge in [-0.1, -0.05) is 46.3 Å². The Hall–Kier alpha value is -0.300. The van der Waals surface area contributed by atoms with Gasteiger partial charge in [-0.05, 0) is 25.2 Å². The van der Waals surface area contributed by atoms with Gasteiger partial charge < -0.3 is 5.11 Å². The van der Waals surface area contributed by atoms with E-state index in [0.29, 0.717) is 5.92 Å². The lowest BCUT2D eigenvalue weighted by molar-refractivity contribution is 0.0356. The zero-order chi connectivity index (χ0) is 11.5. The van der Waals surface area contributed by atoms with E-state index in [1.807, 2.05) is 0 Å². The Morgan fingerprint density at radius 2 is 1.57 bits per heavy atom. The molecule has 1 heteroatoms. The first kappa shape index (κ1) is 13.7. The number of rotatable bonds is 3. The van der Waals surface area contributed by atoms with Gasteiger partial charge in [-0.25, -0.2) is 0 Å². The third-order valence-electron chi connectivity index (χ3n) is 2.56. The highest BCUT2D eigenvalue weighted by Crippen LogP contribution is 2.33. The van der Waals surface area contributed by atoms with Gasteiger partial charge in [0, 0.05) is 5.92 Å². The quantitative estimate of drug-likeness (QED) is 0.687. The van der Waals surface area contributed by atoms with E-state index < -0.39 is 0 Å². The number of hydrogen-bond donors (Lipinski definition) is 1. The van der Waals surface area contributed by atoms with Crippen molar-refractivity contribution in [2.45, 2.75) is 54.6 Å². The normalized spacial score (nSPS) is 16.6. The van der Waals surface area contributed by atoms with Crippen LogP contribution in [0, 0.1) is 17.3 Å². The number of hydrogen-bond acceptors (Lipinski definition) is 1. The van der Waals surface area contributed by atoms with E-state index in [1.54, 1.807) is 0 Å². The van der Waals surface area contributed by atoms with Gasteiger partial charge in [0.25, 0.3) is 0 Å². The van der Waals surface area contributed by atoms with Crippen LogP contribution in [-0.4, -0.2) is 11.2 Å². The minimum Gasteiger partial charge on any atom is -0.392 e. The monoisotopic (exact) mass is 198 g/mol. The van der Waals surface area contributed by atoms with Crippen LogP contribution >= 0.6 is 0 Å². The van der Waals surface area contributed by atoms with Gasteiger partial charge in [0.15, 0.2) is 0 Å². The van der Waals surface area contributed by atoms with Crippen LogP contribution in [0.25, 0.3) is 0 Å². The molecule has 84 valence electrons. The maximum absolute atomic E-state index is 10.1. The van der Waals surface area contributed by atoms with Crippen molar-refractivity contribution in [2.24, 2.45) is 17.3 Å². The average Bonchev–Trinajstić information content (AvgIpc) is 1.96. The lowest BCUT2D eigenvalue weighted by atomic mass is 9.74. The summed E-state index contributed by atoms with van der Waals surface area (Å²) >= 11 is 0. The summed E-state index contributed by atoms with van der Waals surface area (Å²) < 4.78 is 0. The molecule has 0 aromatic carbocycles. The summed E-state index contributed by atoms with van der Waals surface area (Å²) in [6.45, 7) is 14.9. The maximum Gasteiger partial charge on any atom is 0.0630 e. The number of aliphatic hydroxyl groups is 1. The highest BCUT2D eigenvalue weighted by atomic mass is 16.3. The predicted molar refractivity (Wildman–Crippen MR) is 63.2 cm³/mol. The van der Waals surface area contributed by atoms with Gasteiger partial charge in [0.2, 0.25) is 0 Å². The second-order valence-electron chi connectivity index (χ2n) is 5.87. The first-order valence-corrected chi connectivity index (χ1v) is 5.49. The summed E-state index contributed by atoms with van der Waals surface area (Å²) in [5.41, 5.74) is 1.41. The van der Waals surface area contributed by atoms with E-state index in [9.17, 15) is 5.11 Å². The molecule has 0 fully saturated rings. The summed E-state index contributed by atoms with van der Waals surface area (Å²) in [7, 11) is 0. The van der Waals surface area contributed by atoms with E-state index in [0.717, 1.165) is 0 Å². The molecule has 0 saturated heterocycles. The molecule has 0 saturated carbocycles. The Morgan fingerprint density at radius 1 is 1.14 bits per heavy atom. The Balaban J connectivity index is 4.83. The predicted octanol–water partition coefficient (Wildman–Crippen LogP) is 3.63. The minimum absolute atomic E-state index is 0.126. The van der Waals surface area contributed by atoms with Crippen LogP contribution in [0.3, 0.4) is 0 Å². The zero-order valence-corrected chi connectivity index (χ0v) is 10.8. The van der Waals surface area contributed by atoms with Crippen LogP contribution in [0.5, 0.6) is 0 Å². The number of allylic oxidation sites excluding steroid dienone is 1. The SMILES string of the molecule is CC(C)=C[C@H]([C@@H](O)C(C)C)C(C)(C)C. The van der Waals surface area contributed by atoms with Crippen molar-refractivity contribution in [3.63, 3.8) is 0 Å². The van der Waals surface area contributed by atoms with Crippen molar-refractivity contribution in [1.82, 2.24) is 0 Å². The Morgan fingerprint density at radius 3 is 1.79 bits per heavy atom. The molecule has 0 rings (SSSR count). The van der Waals surface area contributed by atoms with Crippen LogP contribution in [0.2, 0.25) is 0 Å². The second kappa shape index (κ2) is 4.97. The molecule has 0 aromatic rings. The molecule has 0 aliphatic heterocycles. The van der Waals surface area contributed by atoms with Crippen molar-refractivity contribution in [3.05, 3.63) is 11.6 Å². The average molecular weight is 198 g/mol. The van der Waals surface area contributed by atoms with Crippen molar-refractivity contribution in [1.29, 1.82) is 0 Å². The van der Waals surface area contributed by atoms with Gasteiger partial charge in [0.1, 0.15) is 0 Å². The molecule has 1 nitrogen and oxygen atoms in total. The summed E-state index contributed by atoms with van der Waals surface area (Å²) in [4.78, 5) is 0. The van der Waals surface area contributed by atoms with E-state index in [1.165, 1.54) is 5.57 Å². The molecule has 0 aliphatic rings. The summed E-state index contributed by atoms with van der Waals surface area (Å²) in [6.07, 6.45) is 1.95. The molecule has 1 N–H and O–H groups in total. The van der Waals surface area contributed by atoms with Crippen molar-refractivity contribution < 1.29 is 5.11 Å². The molecule has 0 bridgehead atoms. The molecule has 14 heavy (non-hydrogen) atoms. The van der Waals surface area contributed by atoms with Crippen LogP contribution in [0.1, 0.15) is 48.5 Å². The first-order valence-electron chi connectivity index (χ1n) is 5.49. The Bertz CT molecular complexity index is 192. The molecule has 0 aromatic heterocycles. The van der Waals surface area contributed by atoms with E-state index in [-0.39, 0.29) is 17.4 Å². The molecule has 0 unspecified atom stereocenters. The van der Waals surface area contributed by atoms with Gasteiger partial charge in [-0.2, -0.15) is 0 Å². The lowest BCUT2D eigenvalue weighted by Gasteiger charge is -2.34. The Labute approximate surface area is 89.2 Å². The Kier molecular flexibility index (Phi) is 4.87. The maximum atomic E-state index is 10.1. The summed E-state index contributed by atoms with van der Waals surface area (Å²) in [6, 6.07) is 0. The summed E-state index contributed by atoms with van der Waals surface area (Å²) in [5.74, 6) is 0.558. The topological polar surface area (TPSA) is 20.2 Å². The van der Waals surface area contributed by atoms with E-state index in [2.05, 4.69) is 54.5 Å². The molecule has 0 amide bonds. The first-order chi connectivity index (χ1) is 6.16. The smallest absolute Gasteiger partial charge is 0.0630 e. The highest BCUT2D eigenvalue weighted by molar-refractivity contribution is 5.03. The van der Waals surface area contributed by atoms with Crippen LogP contribution in [0.15, 0.2) is 11.6 Å². The molecule has 0 heterocycles. The fourth-order valence-electron chi connectivity index (χ4n) is 1.63. The van der Waals surface area contributed by atoms with Gasteiger partial charge in [-0.3, -0.25) is 0 Å². The summed E-state index contributed by atoms with van der Waals surface area (Å²) in [5, 5.41) is 10.1. The van der Waals surface area contributed by atoms with E-state index in [4.69, 9.17) is 0 Å². The van der Waals surface area contributed by atoms with Crippen LogP contribution in [0.4, 0.5) is 0 Å². The van der Waals surface area contributed by atoms with Crippen LogP contribution in [-0.2, 0) is 0 Å². The third-order valence-corrected chi connectivity index (χ3v) is 2.56. The lowest BCUT2D eigenvalue weighted by Crippen LogP contribution is -2.34. The van der Waals surface area contributed by atoms with Crippen molar-refractivity contribution in [3.8, 4) is 0 Å². The standard InChI is InChI=1S/C13H26O/c1-9(2)8-11(13(5,6)7)12(14)10(3)4/h8,10-12,14H,1-7H3/t11-,12+/m1/s1. The van der Waals surface area contributed by atoms with Crippen LogP contribution < -0.4 is 0 Å². The highest BCUT2D eigenvalue weighted by Gasteiger charge is 2.30. The fourth-order valence-corrected chi connectivity index (χ4v) is 1.63. The molecular weight excluding hydrogens is 172 g/mol. The van der Waals surface area contributed by atoms with Gasteiger partial charge >= 0.3 is 0 Å². The molecular formula is C13H26O. The molecule has 0 aliphatic carbocycles. The molecule has 2 atom stereocenters. The van der Waals surface area contributed by atoms with Crippen molar-refractivity contribution in [2.75, 3.05) is 0 Å². The van der Waals surface area contributed by atoms with Crippen molar-refractivity contribution >= 4 is 0 Å². The third kappa shape index (κ3) is 4.28. The largest absolute Gasteiger partial charge is 0.392 e. The van der Waals surface area contributed by atoms with Gasteiger partial charge in [0.05, 0.1) is 6.10 Å². The van der Waals surface area contributed by atoms with Gasteiger partial charge in [-0.15, -0.1) is 0 Å². The minimum atomic E-state index is -0.245. The molecule has 0 spiro atoms. The van der Waals surface area contributed by atoms with E-state index >= 15 is 0 Å². The zero-order valence-electron chi connectivity index (χ0n) is 10.8.